The molecule has 0 saturated carbocycles. The van der Waals surface area contributed by atoms with Crippen molar-refractivity contribution >= 4 is 17.4 Å². The van der Waals surface area contributed by atoms with E-state index in [0.29, 0.717) is 31.0 Å². The van der Waals surface area contributed by atoms with Crippen molar-refractivity contribution in [1.29, 1.82) is 0 Å². The first kappa shape index (κ1) is 31.5. The van der Waals surface area contributed by atoms with Crippen molar-refractivity contribution in [3.63, 3.8) is 0 Å². The number of Topliss-reactive ketones (excluding diaryl/α,β-unsaturated/α-hetero) is 1. The highest BCUT2D eigenvalue weighted by Crippen LogP contribution is 2.26. The molecule has 1 amide bonds. The fraction of sp³-hybridized carbons (Fsp3) is 0.278. The zero-order chi connectivity index (χ0) is 30.4. The van der Waals surface area contributed by atoms with E-state index in [1.807, 2.05) is 78.9 Å². The van der Waals surface area contributed by atoms with E-state index in [0.717, 1.165) is 35.3 Å². The lowest BCUT2D eigenvalue weighted by Crippen LogP contribution is -2.38. The normalized spacial score (nSPS) is 11.7. The first-order valence-corrected chi connectivity index (χ1v) is 14.7. The number of phenolic OH excluding ortho intramolecular Hbond substituents is 1. The molecule has 0 aliphatic rings. The number of ether oxygens (including phenoxy) is 2. The predicted octanol–water partition coefficient (Wildman–Crippen LogP) is 6.65. The SMILES string of the molecule is CCCOc1ccc(CC(C)N(CC(=O)c2ccccc2)Cc2ccc(O)c(NC(=O)COCc3ccccc3)c2)cc1. The molecule has 7 nitrogen and oxygen atoms in total. The van der Waals surface area contributed by atoms with Gasteiger partial charge < -0.3 is 19.9 Å². The minimum absolute atomic E-state index is 0.0216. The van der Waals surface area contributed by atoms with E-state index in [9.17, 15) is 14.7 Å². The van der Waals surface area contributed by atoms with Gasteiger partial charge in [-0.2, -0.15) is 0 Å². The number of carbonyl (C=O) groups excluding carboxylic acids is 2. The lowest BCUT2D eigenvalue weighted by Gasteiger charge is -2.29. The van der Waals surface area contributed by atoms with E-state index >= 15 is 0 Å². The molecule has 4 rings (SSSR count). The largest absolute Gasteiger partial charge is 0.506 e. The van der Waals surface area contributed by atoms with Crippen molar-refractivity contribution in [2.24, 2.45) is 0 Å². The molecule has 43 heavy (non-hydrogen) atoms. The molecule has 0 saturated heterocycles. The summed E-state index contributed by atoms with van der Waals surface area (Å²) in [6.07, 6.45) is 1.68. The number of benzene rings is 4. The number of anilines is 1. The topological polar surface area (TPSA) is 88.1 Å². The second kappa shape index (κ2) is 16.2. The Morgan fingerprint density at radius 1 is 0.860 bits per heavy atom. The molecule has 0 spiro atoms. The summed E-state index contributed by atoms with van der Waals surface area (Å²) in [5.74, 6) is 0.474. The Labute approximate surface area is 254 Å². The number of nitrogens with one attached hydrogen (secondary N) is 1. The van der Waals surface area contributed by atoms with Gasteiger partial charge in [0, 0.05) is 18.2 Å². The Kier molecular flexibility index (Phi) is 11.9. The minimum atomic E-state index is -0.362. The Balaban J connectivity index is 1.44. The smallest absolute Gasteiger partial charge is 0.250 e. The van der Waals surface area contributed by atoms with E-state index in [2.05, 4.69) is 36.2 Å². The van der Waals surface area contributed by atoms with Crippen LogP contribution < -0.4 is 10.1 Å². The van der Waals surface area contributed by atoms with E-state index < -0.39 is 0 Å². The molecule has 4 aromatic carbocycles. The quantitative estimate of drug-likeness (QED) is 0.114. The van der Waals surface area contributed by atoms with Crippen LogP contribution in [0.4, 0.5) is 5.69 Å². The molecule has 1 unspecified atom stereocenters. The van der Waals surface area contributed by atoms with Crippen molar-refractivity contribution in [1.82, 2.24) is 4.90 Å². The zero-order valence-corrected chi connectivity index (χ0v) is 24.9. The number of hydrogen-bond donors (Lipinski definition) is 2. The van der Waals surface area contributed by atoms with Crippen molar-refractivity contribution in [3.05, 3.63) is 125 Å². The highest BCUT2D eigenvalue weighted by Gasteiger charge is 2.20. The molecule has 0 fully saturated rings. The molecule has 0 radical (unpaired) electrons. The van der Waals surface area contributed by atoms with Gasteiger partial charge in [-0.05, 0) is 60.7 Å². The molecule has 0 heterocycles. The van der Waals surface area contributed by atoms with Crippen molar-refractivity contribution in [3.8, 4) is 11.5 Å². The van der Waals surface area contributed by atoms with Gasteiger partial charge >= 0.3 is 0 Å². The second-order valence-corrected chi connectivity index (χ2v) is 10.6. The van der Waals surface area contributed by atoms with Crippen LogP contribution in [0.5, 0.6) is 11.5 Å². The third kappa shape index (κ3) is 10.1. The lowest BCUT2D eigenvalue weighted by molar-refractivity contribution is -0.121. The average molecular weight is 581 g/mol. The number of ketones is 1. The highest BCUT2D eigenvalue weighted by atomic mass is 16.5. The summed E-state index contributed by atoms with van der Waals surface area (Å²) in [6, 6.07) is 32.1. The maximum Gasteiger partial charge on any atom is 0.250 e. The number of carbonyl (C=O) groups is 2. The van der Waals surface area contributed by atoms with Crippen LogP contribution in [0, 0.1) is 0 Å². The van der Waals surface area contributed by atoms with Crippen LogP contribution in [0.3, 0.4) is 0 Å². The number of nitrogens with zero attached hydrogens (tertiary/aromatic N) is 1. The Bertz CT molecular complexity index is 1440. The standard InChI is InChI=1S/C36H40N2O5/c1-3-20-43-32-17-14-28(15-18-32)21-27(2)38(24-35(40)31-12-8-5-9-13-31)23-30-16-19-34(39)33(22-30)37-36(41)26-42-25-29-10-6-4-7-11-29/h4-19,22,27,39H,3,20-21,23-26H2,1-2H3,(H,37,41). The summed E-state index contributed by atoms with van der Waals surface area (Å²) < 4.78 is 11.3. The van der Waals surface area contributed by atoms with Crippen molar-refractivity contribution in [2.75, 3.05) is 25.1 Å². The van der Waals surface area contributed by atoms with E-state index in [-0.39, 0.29) is 36.6 Å². The van der Waals surface area contributed by atoms with Gasteiger partial charge in [-0.1, -0.05) is 85.8 Å². The molecular weight excluding hydrogens is 540 g/mol. The molecular formula is C36H40N2O5. The molecule has 0 aliphatic carbocycles. The number of hydrogen-bond acceptors (Lipinski definition) is 6. The zero-order valence-electron chi connectivity index (χ0n) is 24.9. The van der Waals surface area contributed by atoms with E-state index in [1.165, 1.54) is 0 Å². The van der Waals surface area contributed by atoms with Crippen LogP contribution in [0.2, 0.25) is 0 Å². The van der Waals surface area contributed by atoms with Crippen molar-refractivity contribution in [2.45, 2.75) is 45.9 Å². The molecule has 4 aromatic rings. The predicted molar refractivity (Wildman–Crippen MR) is 169 cm³/mol. The molecule has 7 heteroatoms. The minimum Gasteiger partial charge on any atom is -0.506 e. The molecule has 0 aliphatic heterocycles. The van der Waals surface area contributed by atoms with Crippen LogP contribution in [0.25, 0.3) is 0 Å². The summed E-state index contributed by atoms with van der Waals surface area (Å²) in [7, 11) is 0. The monoisotopic (exact) mass is 580 g/mol. The van der Waals surface area contributed by atoms with Gasteiger partial charge in [-0.25, -0.2) is 0 Å². The van der Waals surface area contributed by atoms with E-state index in [4.69, 9.17) is 9.47 Å². The third-order valence-corrected chi connectivity index (χ3v) is 7.06. The molecule has 224 valence electrons. The first-order valence-electron chi connectivity index (χ1n) is 14.7. The summed E-state index contributed by atoms with van der Waals surface area (Å²) in [5, 5.41) is 13.2. The third-order valence-electron chi connectivity index (χ3n) is 7.06. The second-order valence-electron chi connectivity index (χ2n) is 10.6. The number of amides is 1. The average Bonchev–Trinajstić information content (AvgIpc) is 3.03. The summed E-state index contributed by atoms with van der Waals surface area (Å²) in [4.78, 5) is 27.9. The Hall–Kier alpha value is -4.46. The Morgan fingerprint density at radius 2 is 1.53 bits per heavy atom. The number of aromatic hydroxyl groups is 1. The fourth-order valence-electron chi connectivity index (χ4n) is 4.72. The van der Waals surface area contributed by atoms with Gasteiger partial charge in [0.15, 0.2) is 5.78 Å². The van der Waals surface area contributed by atoms with Gasteiger partial charge in [0.05, 0.1) is 25.4 Å². The van der Waals surface area contributed by atoms with Crippen LogP contribution in [0.15, 0.2) is 103 Å². The van der Waals surface area contributed by atoms with Gasteiger partial charge in [0.1, 0.15) is 18.1 Å². The van der Waals surface area contributed by atoms with Crippen LogP contribution in [-0.4, -0.2) is 47.5 Å². The molecule has 0 aromatic heterocycles. The number of phenols is 1. The molecule has 2 N–H and O–H groups in total. The van der Waals surface area contributed by atoms with Gasteiger partial charge in [-0.15, -0.1) is 0 Å². The van der Waals surface area contributed by atoms with E-state index in [1.54, 1.807) is 12.1 Å². The van der Waals surface area contributed by atoms with Gasteiger partial charge in [0.25, 0.3) is 0 Å². The van der Waals surface area contributed by atoms with Crippen molar-refractivity contribution < 1.29 is 24.2 Å². The first-order chi connectivity index (χ1) is 20.9. The number of rotatable bonds is 16. The highest BCUT2D eigenvalue weighted by molar-refractivity contribution is 5.97. The molecule has 1 atom stereocenters. The summed E-state index contributed by atoms with van der Waals surface area (Å²) >= 11 is 0. The fourth-order valence-corrected chi connectivity index (χ4v) is 4.72. The maximum atomic E-state index is 13.2. The Morgan fingerprint density at radius 3 is 2.23 bits per heavy atom. The summed E-state index contributed by atoms with van der Waals surface area (Å²) in [5.41, 5.74) is 3.93. The maximum absolute atomic E-state index is 13.2. The molecule has 0 bridgehead atoms. The van der Waals surface area contributed by atoms with Crippen LogP contribution >= 0.6 is 0 Å². The van der Waals surface area contributed by atoms with Gasteiger partial charge in [0.2, 0.25) is 5.91 Å². The van der Waals surface area contributed by atoms with Gasteiger partial charge in [-0.3, -0.25) is 14.5 Å². The lowest BCUT2D eigenvalue weighted by atomic mass is 10.0. The summed E-state index contributed by atoms with van der Waals surface area (Å²) in [6.45, 7) is 5.71. The van der Waals surface area contributed by atoms with Crippen LogP contribution in [-0.2, 0) is 29.1 Å². The van der Waals surface area contributed by atoms with Crippen LogP contribution in [0.1, 0.15) is 47.3 Å².